The van der Waals surface area contributed by atoms with Crippen LogP contribution in [0.2, 0.25) is 0 Å². The standard InChI is InChI=1S/C19H16F2N2O4S/c20-19(21)27-13-7-5-12(6-8-13)22-16(24)11-26-18(25)10-9-17-23-14-3-1-2-4-15(14)28-17/h1-8,19H,9-11H2,(H,22,24). The van der Waals surface area contributed by atoms with Crippen LogP contribution in [-0.2, 0) is 20.7 Å². The van der Waals surface area contributed by atoms with Crippen LogP contribution in [0.5, 0.6) is 5.75 Å². The summed E-state index contributed by atoms with van der Waals surface area (Å²) in [5, 5.41) is 3.33. The molecule has 0 spiro atoms. The van der Waals surface area contributed by atoms with Crippen molar-refractivity contribution in [1.29, 1.82) is 0 Å². The number of aryl methyl sites for hydroxylation is 1. The van der Waals surface area contributed by atoms with Crippen molar-refractivity contribution in [3.8, 4) is 5.75 Å². The first kappa shape index (κ1) is 19.7. The molecule has 28 heavy (non-hydrogen) atoms. The number of hydrogen-bond donors (Lipinski definition) is 1. The third-order valence-corrected chi connectivity index (χ3v) is 4.70. The highest BCUT2D eigenvalue weighted by molar-refractivity contribution is 7.18. The number of para-hydroxylation sites is 1. The van der Waals surface area contributed by atoms with Crippen molar-refractivity contribution in [2.24, 2.45) is 0 Å². The van der Waals surface area contributed by atoms with E-state index in [9.17, 15) is 18.4 Å². The van der Waals surface area contributed by atoms with Crippen LogP contribution in [0, 0.1) is 0 Å². The molecule has 0 saturated carbocycles. The first-order valence-corrected chi connectivity index (χ1v) is 9.16. The van der Waals surface area contributed by atoms with Crippen LogP contribution in [-0.4, -0.2) is 30.1 Å². The average Bonchev–Trinajstić information content (AvgIpc) is 3.09. The summed E-state index contributed by atoms with van der Waals surface area (Å²) in [4.78, 5) is 28.1. The predicted molar refractivity (Wildman–Crippen MR) is 101 cm³/mol. The normalized spacial score (nSPS) is 10.8. The molecule has 0 aliphatic rings. The second-order valence-corrected chi connectivity index (χ2v) is 6.80. The fourth-order valence-corrected chi connectivity index (χ4v) is 3.34. The summed E-state index contributed by atoms with van der Waals surface area (Å²) < 4.78 is 34.4. The molecular weight excluding hydrogens is 390 g/mol. The molecule has 146 valence electrons. The van der Waals surface area contributed by atoms with Crippen molar-refractivity contribution in [3.63, 3.8) is 0 Å². The summed E-state index contributed by atoms with van der Waals surface area (Å²) in [7, 11) is 0. The van der Waals surface area contributed by atoms with E-state index in [4.69, 9.17) is 4.74 Å². The molecule has 1 N–H and O–H groups in total. The Bertz CT molecular complexity index is 927. The van der Waals surface area contributed by atoms with Gasteiger partial charge in [-0.25, -0.2) is 4.98 Å². The highest BCUT2D eigenvalue weighted by Crippen LogP contribution is 2.22. The van der Waals surface area contributed by atoms with E-state index in [1.807, 2.05) is 24.3 Å². The second kappa shape index (κ2) is 9.23. The monoisotopic (exact) mass is 406 g/mol. The molecule has 0 aliphatic heterocycles. The quantitative estimate of drug-likeness (QED) is 0.572. The number of fused-ring (bicyclic) bond motifs is 1. The number of amides is 1. The van der Waals surface area contributed by atoms with Crippen molar-refractivity contribution in [3.05, 3.63) is 53.5 Å². The molecular formula is C19H16F2N2O4S. The number of anilines is 1. The van der Waals surface area contributed by atoms with Gasteiger partial charge in [0.05, 0.1) is 21.6 Å². The molecule has 1 aromatic heterocycles. The minimum absolute atomic E-state index is 0.0192. The number of hydrogen-bond acceptors (Lipinski definition) is 6. The molecule has 0 fully saturated rings. The zero-order chi connectivity index (χ0) is 19.9. The first-order valence-electron chi connectivity index (χ1n) is 8.34. The molecule has 9 heteroatoms. The zero-order valence-electron chi connectivity index (χ0n) is 14.6. The van der Waals surface area contributed by atoms with Crippen LogP contribution in [0.4, 0.5) is 14.5 Å². The SMILES string of the molecule is O=C(COC(=O)CCc1nc2ccccc2s1)Nc1ccc(OC(F)F)cc1. The Labute approximate surface area is 163 Å². The third kappa shape index (κ3) is 5.71. The number of nitrogens with one attached hydrogen (secondary N) is 1. The number of alkyl halides is 2. The van der Waals surface area contributed by atoms with E-state index in [1.165, 1.54) is 35.6 Å². The van der Waals surface area contributed by atoms with Crippen molar-refractivity contribution in [2.45, 2.75) is 19.5 Å². The molecule has 3 rings (SSSR count). The van der Waals surface area contributed by atoms with Gasteiger partial charge in [0.25, 0.3) is 5.91 Å². The Balaban J connectivity index is 1.40. The zero-order valence-corrected chi connectivity index (χ0v) is 15.4. The van der Waals surface area contributed by atoms with Crippen LogP contribution in [0.1, 0.15) is 11.4 Å². The van der Waals surface area contributed by atoms with Crippen LogP contribution < -0.4 is 10.1 Å². The first-order chi connectivity index (χ1) is 13.5. The maximum Gasteiger partial charge on any atom is 0.387 e. The number of esters is 1. The van der Waals surface area contributed by atoms with E-state index in [0.29, 0.717) is 12.1 Å². The number of aromatic nitrogens is 1. The number of carbonyl (C=O) groups excluding carboxylic acids is 2. The summed E-state index contributed by atoms with van der Waals surface area (Å²) in [6.45, 7) is -3.35. The van der Waals surface area contributed by atoms with Crippen LogP contribution in [0.15, 0.2) is 48.5 Å². The Hall–Kier alpha value is -3.07. The Morgan fingerprint density at radius 1 is 1.11 bits per heavy atom. The summed E-state index contributed by atoms with van der Waals surface area (Å²) in [5.74, 6) is -1.06. The fraction of sp³-hybridized carbons (Fsp3) is 0.211. The molecule has 0 unspecified atom stereocenters. The number of carbonyl (C=O) groups is 2. The van der Waals surface area contributed by atoms with Gasteiger partial charge >= 0.3 is 12.6 Å². The van der Waals surface area contributed by atoms with Crippen molar-refractivity contribution >= 4 is 39.1 Å². The fourth-order valence-electron chi connectivity index (χ4n) is 2.37. The van der Waals surface area contributed by atoms with Crippen molar-refractivity contribution in [1.82, 2.24) is 4.98 Å². The molecule has 1 heterocycles. The van der Waals surface area contributed by atoms with Gasteiger partial charge in [-0.05, 0) is 36.4 Å². The van der Waals surface area contributed by atoms with E-state index in [0.717, 1.165) is 15.2 Å². The lowest BCUT2D eigenvalue weighted by molar-refractivity contribution is -0.147. The van der Waals surface area contributed by atoms with E-state index >= 15 is 0 Å². The summed E-state index contributed by atoms with van der Waals surface area (Å²) in [5.41, 5.74) is 1.26. The number of thiazole rings is 1. The molecule has 1 amide bonds. The van der Waals surface area contributed by atoms with Crippen molar-refractivity contribution < 1.29 is 27.8 Å². The van der Waals surface area contributed by atoms with Crippen LogP contribution in [0.3, 0.4) is 0 Å². The van der Waals surface area contributed by atoms with E-state index in [1.54, 1.807) is 0 Å². The minimum Gasteiger partial charge on any atom is -0.456 e. The van der Waals surface area contributed by atoms with Gasteiger partial charge in [-0.1, -0.05) is 12.1 Å². The predicted octanol–water partition coefficient (Wildman–Crippen LogP) is 4.01. The van der Waals surface area contributed by atoms with Gasteiger partial charge in [0.2, 0.25) is 0 Å². The lowest BCUT2D eigenvalue weighted by atomic mass is 10.3. The number of halogens is 2. The lowest BCUT2D eigenvalue weighted by Gasteiger charge is -2.08. The van der Waals surface area contributed by atoms with Gasteiger partial charge in [-0.3, -0.25) is 9.59 Å². The summed E-state index contributed by atoms with van der Waals surface area (Å²) in [6.07, 6.45) is 0.554. The molecule has 0 atom stereocenters. The van der Waals surface area contributed by atoms with E-state index < -0.39 is 25.1 Å². The van der Waals surface area contributed by atoms with Crippen molar-refractivity contribution in [2.75, 3.05) is 11.9 Å². The maximum atomic E-state index is 12.1. The van der Waals surface area contributed by atoms with E-state index in [2.05, 4.69) is 15.0 Å². The lowest BCUT2D eigenvalue weighted by Crippen LogP contribution is -2.21. The molecule has 0 bridgehead atoms. The van der Waals surface area contributed by atoms with Gasteiger partial charge in [0.1, 0.15) is 5.75 Å². The second-order valence-electron chi connectivity index (χ2n) is 5.69. The summed E-state index contributed by atoms with van der Waals surface area (Å²) >= 11 is 1.51. The summed E-state index contributed by atoms with van der Waals surface area (Å²) in [6, 6.07) is 13.1. The van der Waals surface area contributed by atoms with Gasteiger partial charge in [-0.2, -0.15) is 8.78 Å². The highest BCUT2D eigenvalue weighted by Gasteiger charge is 2.11. The number of ether oxygens (including phenoxy) is 2. The number of nitrogens with zero attached hydrogens (tertiary/aromatic N) is 1. The maximum absolute atomic E-state index is 12.1. The largest absolute Gasteiger partial charge is 0.456 e. The molecule has 2 aromatic carbocycles. The van der Waals surface area contributed by atoms with Gasteiger partial charge in [0.15, 0.2) is 6.61 Å². The van der Waals surface area contributed by atoms with Gasteiger partial charge in [-0.15, -0.1) is 11.3 Å². The van der Waals surface area contributed by atoms with Crippen LogP contribution >= 0.6 is 11.3 Å². The van der Waals surface area contributed by atoms with Crippen LogP contribution in [0.25, 0.3) is 10.2 Å². The van der Waals surface area contributed by atoms with E-state index in [-0.39, 0.29) is 12.2 Å². The third-order valence-electron chi connectivity index (χ3n) is 3.61. The molecule has 0 aliphatic carbocycles. The minimum atomic E-state index is -2.91. The number of benzene rings is 2. The molecule has 6 nitrogen and oxygen atoms in total. The Morgan fingerprint density at radius 2 is 1.86 bits per heavy atom. The Morgan fingerprint density at radius 3 is 2.57 bits per heavy atom. The smallest absolute Gasteiger partial charge is 0.387 e. The molecule has 3 aromatic rings. The Kier molecular flexibility index (Phi) is 6.49. The molecule has 0 radical (unpaired) electrons. The molecule has 0 saturated heterocycles. The highest BCUT2D eigenvalue weighted by atomic mass is 32.1. The van der Waals surface area contributed by atoms with Gasteiger partial charge in [0, 0.05) is 12.1 Å². The van der Waals surface area contributed by atoms with Gasteiger partial charge < -0.3 is 14.8 Å². The number of rotatable bonds is 8. The average molecular weight is 406 g/mol. The topological polar surface area (TPSA) is 77.5 Å².